The normalized spacial score (nSPS) is 10.3. The Hall–Kier alpha value is -1.61. The van der Waals surface area contributed by atoms with Crippen molar-refractivity contribution < 1.29 is 8.78 Å². The molecule has 4 heteroatoms. The van der Waals surface area contributed by atoms with Crippen LogP contribution in [0.15, 0.2) is 42.5 Å². The molecule has 88 valence electrons. The number of halogens is 3. The third kappa shape index (κ3) is 3.17. The number of rotatable bonds is 3. The van der Waals surface area contributed by atoms with Crippen molar-refractivity contribution >= 4 is 17.3 Å². The van der Waals surface area contributed by atoms with Crippen molar-refractivity contribution in [1.29, 1.82) is 0 Å². The molecule has 0 aliphatic carbocycles. The summed E-state index contributed by atoms with van der Waals surface area (Å²) >= 11 is 5.65. The van der Waals surface area contributed by atoms with Crippen LogP contribution in [-0.2, 0) is 6.54 Å². The van der Waals surface area contributed by atoms with Crippen LogP contribution in [0, 0.1) is 11.6 Å². The van der Waals surface area contributed by atoms with Crippen LogP contribution in [-0.4, -0.2) is 0 Å². The minimum atomic E-state index is -0.456. The van der Waals surface area contributed by atoms with Gasteiger partial charge in [0.2, 0.25) is 0 Å². The van der Waals surface area contributed by atoms with E-state index < -0.39 is 5.82 Å². The molecule has 0 heterocycles. The molecule has 1 N–H and O–H groups in total. The summed E-state index contributed by atoms with van der Waals surface area (Å²) in [7, 11) is 0. The van der Waals surface area contributed by atoms with Crippen molar-refractivity contribution in [2.75, 3.05) is 5.32 Å². The Labute approximate surface area is 103 Å². The fourth-order valence-electron chi connectivity index (χ4n) is 1.46. The lowest BCUT2D eigenvalue weighted by atomic mass is 10.2. The van der Waals surface area contributed by atoms with Crippen molar-refractivity contribution in [2.45, 2.75) is 6.54 Å². The van der Waals surface area contributed by atoms with Gasteiger partial charge in [0.15, 0.2) is 0 Å². The van der Waals surface area contributed by atoms with Crippen molar-refractivity contribution in [2.24, 2.45) is 0 Å². The van der Waals surface area contributed by atoms with Gasteiger partial charge in [0.05, 0.1) is 5.02 Å². The lowest BCUT2D eigenvalue weighted by Crippen LogP contribution is -1.99. The molecule has 0 bridgehead atoms. The average molecular weight is 254 g/mol. The van der Waals surface area contributed by atoms with Gasteiger partial charge in [0.25, 0.3) is 0 Å². The molecule has 0 aliphatic heterocycles. The maximum atomic E-state index is 12.9. The molecule has 0 radical (unpaired) electrons. The van der Waals surface area contributed by atoms with E-state index in [1.54, 1.807) is 18.2 Å². The maximum absolute atomic E-state index is 12.9. The Morgan fingerprint density at radius 2 is 1.88 bits per heavy atom. The van der Waals surface area contributed by atoms with Crippen LogP contribution in [0.3, 0.4) is 0 Å². The molecular formula is C13H10ClF2N. The van der Waals surface area contributed by atoms with Crippen molar-refractivity contribution in [3.63, 3.8) is 0 Å². The van der Waals surface area contributed by atoms with E-state index in [1.165, 1.54) is 24.3 Å². The van der Waals surface area contributed by atoms with Gasteiger partial charge < -0.3 is 5.32 Å². The molecule has 17 heavy (non-hydrogen) atoms. The monoisotopic (exact) mass is 253 g/mol. The van der Waals surface area contributed by atoms with Crippen LogP contribution in [0.1, 0.15) is 5.56 Å². The zero-order valence-electron chi connectivity index (χ0n) is 8.88. The van der Waals surface area contributed by atoms with Gasteiger partial charge in [-0.2, -0.15) is 0 Å². The summed E-state index contributed by atoms with van der Waals surface area (Å²) in [5, 5.41) is 3.10. The summed E-state index contributed by atoms with van der Waals surface area (Å²) in [5.41, 5.74) is 1.51. The van der Waals surface area contributed by atoms with E-state index >= 15 is 0 Å². The topological polar surface area (TPSA) is 12.0 Å². The van der Waals surface area contributed by atoms with Gasteiger partial charge >= 0.3 is 0 Å². The highest BCUT2D eigenvalue weighted by atomic mass is 35.5. The SMILES string of the molecule is Fc1cccc(CNc2ccc(F)c(Cl)c2)c1. The summed E-state index contributed by atoms with van der Waals surface area (Å²) in [6, 6.07) is 10.6. The largest absolute Gasteiger partial charge is 0.381 e. The number of hydrogen-bond acceptors (Lipinski definition) is 1. The number of anilines is 1. The Morgan fingerprint density at radius 3 is 2.59 bits per heavy atom. The lowest BCUT2D eigenvalue weighted by molar-refractivity contribution is 0.626. The summed E-state index contributed by atoms with van der Waals surface area (Å²) in [5.74, 6) is -0.732. The van der Waals surface area contributed by atoms with E-state index in [1.807, 2.05) is 0 Å². The Kier molecular flexibility index (Phi) is 3.59. The summed E-state index contributed by atoms with van der Waals surface area (Å²) in [6.45, 7) is 0.458. The Balaban J connectivity index is 2.05. The molecule has 2 aromatic rings. The van der Waals surface area contributed by atoms with Crippen LogP contribution in [0.2, 0.25) is 5.02 Å². The Bertz CT molecular complexity index is 529. The molecule has 0 saturated carbocycles. The standard InChI is InChI=1S/C13H10ClF2N/c14-12-7-11(4-5-13(12)16)17-8-9-2-1-3-10(15)6-9/h1-7,17H,8H2. The van der Waals surface area contributed by atoms with E-state index in [0.717, 1.165) is 5.56 Å². The second-order valence-corrected chi connectivity index (χ2v) is 4.02. The van der Waals surface area contributed by atoms with Gasteiger partial charge in [-0.1, -0.05) is 23.7 Å². The van der Waals surface area contributed by atoms with E-state index in [9.17, 15) is 8.78 Å². The predicted octanol–water partition coefficient (Wildman–Crippen LogP) is 4.23. The van der Waals surface area contributed by atoms with Crippen LogP contribution >= 0.6 is 11.6 Å². The molecule has 1 nitrogen and oxygen atoms in total. The molecule has 0 amide bonds. The van der Waals surface area contributed by atoms with Crippen LogP contribution in [0.5, 0.6) is 0 Å². The maximum Gasteiger partial charge on any atom is 0.141 e. The lowest BCUT2D eigenvalue weighted by Gasteiger charge is -2.07. The highest BCUT2D eigenvalue weighted by molar-refractivity contribution is 6.31. The molecule has 2 aromatic carbocycles. The number of nitrogens with one attached hydrogen (secondary N) is 1. The number of hydrogen-bond donors (Lipinski definition) is 1. The van der Waals surface area contributed by atoms with Gasteiger partial charge in [-0.15, -0.1) is 0 Å². The first-order chi connectivity index (χ1) is 8.15. The van der Waals surface area contributed by atoms with Crippen LogP contribution in [0.4, 0.5) is 14.5 Å². The van der Waals surface area contributed by atoms with E-state index in [0.29, 0.717) is 12.2 Å². The predicted molar refractivity (Wildman–Crippen MR) is 65.1 cm³/mol. The van der Waals surface area contributed by atoms with Crippen molar-refractivity contribution in [3.05, 3.63) is 64.7 Å². The first kappa shape index (κ1) is 11.9. The molecule has 2 rings (SSSR count). The smallest absolute Gasteiger partial charge is 0.141 e. The molecule has 0 saturated heterocycles. The van der Waals surface area contributed by atoms with Gasteiger partial charge in [-0.05, 0) is 35.9 Å². The summed E-state index contributed by atoms with van der Waals surface area (Å²) in [6.07, 6.45) is 0. The quantitative estimate of drug-likeness (QED) is 0.863. The van der Waals surface area contributed by atoms with Crippen molar-refractivity contribution in [1.82, 2.24) is 0 Å². The molecular weight excluding hydrogens is 244 g/mol. The van der Waals surface area contributed by atoms with Gasteiger partial charge in [0.1, 0.15) is 11.6 Å². The molecule has 0 aromatic heterocycles. The minimum Gasteiger partial charge on any atom is -0.381 e. The zero-order chi connectivity index (χ0) is 12.3. The fourth-order valence-corrected chi connectivity index (χ4v) is 1.64. The third-order valence-corrected chi connectivity index (χ3v) is 2.59. The number of benzene rings is 2. The van der Waals surface area contributed by atoms with Gasteiger partial charge in [-0.25, -0.2) is 8.78 Å². The van der Waals surface area contributed by atoms with Crippen LogP contribution < -0.4 is 5.32 Å². The molecule has 0 fully saturated rings. The average Bonchev–Trinajstić information content (AvgIpc) is 2.31. The zero-order valence-corrected chi connectivity index (χ0v) is 9.64. The van der Waals surface area contributed by atoms with E-state index in [4.69, 9.17) is 11.6 Å². The molecule has 0 aliphatic rings. The van der Waals surface area contributed by atoms with Crippen molar-refractivity contribution in [3.8, 4) is 0 Å². The minimum absolute atomic E-state index is 0.0641. The fraction of sp³-hybridized carbons (Fsp3) is 0.0769. The first-order valence-corrected chi connectivity index (χ1v) is 5.46. The second-order valence-electron chi connectivity index (χ2n) is 3.61. The molecule has 0 unspecified atom stereocenters. The Morgan fingerprint density at radius 1 is 1.06 bits per heavy atom. The van der Waals surface area contributed by atoms with Gasteiger partial charge in [0, 0.05) is 12.2 Å². The van der Waals surface area contributed by atoms with E-state index in [2.05, 4.69) is 5.32 Å². The van der Waals surface area contributed by atoms with Gasteiger partial charge in [-0.3, -0.25) is 0 Å². The molecule has 0 atom stereocenters. The van der Waals surface area contributed by atoms with E-state index in [-0.39, 0.29) is 10.8 Å². The summed E-state index contributed by atoms with van der Waals surface area (Å²) < 4.78 is 25.8. The van der Waals surface area contributed by atoms with Crippen LogP contribution in [0.25, 0.3) is 0 Å². The summed E-state index contributed by atoms with van der Waals surface area (Å²) in [4.78, 5) is 0. The second kappa shape index (κ2) is 5.15. The highest BCUT2D eigenvalue weighted by Gasteiger charge is 2.01. The molecule has 0 spiro atoms. The first-order valence-electron chi connectivity index (χ1n) is 5.08. The third-order valence-electron chi connectivity index (χ3n) is 2.31. The highest BCUT2D eigenvalue weighted by Crippen LogP contribution is 2.19.